The van der Waals surface area contributed by atoms with Crippen molar-refractivity contribution in [2.24, 2.45) is 0 Å². The van der Waals surface area contributed by atoms with Gasteiger partial charge >= 0.3 is 0 Å². The Morgan fingerprint density at radius 2 is 1.94 bits per heavy atom. The normalized spacial score (nSPS) is 14.5. The van der Waals surface area contributed by atoms with E-state index in [1.54, 1.807) is 7.11 Å². The van der Waals surface area contributed by atoms with Crippen molar-refractivity contribution in [1.82, 2.24) is 5.32 Å². The number of methoxy groups -OCH3 is 1. The molecule has 0 bridgehead atoms. The molecule has 2 unspecified atom stereocenters. The molecular formula is C13H21NO2. The molecule has 0 heterocycles. The number of hydrogen-bond acceptors (Lipinski definition) is 3. The minimum absolute atomic E-state index is 0.438. The van der Waals surface area contributed by atoms with E-state index < -0.39 is 6.10 Å². The van der Waals surface area contributed by atoms with Crippen molar-refractivity contribution in [2.45, 2.75) is 32.4 Å². The Morgan fingerprint density at radius 3 is 2.44 bits per heavy atom. The van der Waals surface area contributed by atoms with E-state index in [1.807, 2.05) is 24.3 Å². The molecule has 0 amide bonds. The molecule has 0 aliphatic heterocycles. The van der Waals surface area contributed by atoms with Crippen LogP contribution in [0.4, 0.5) is 0 Å². The molecule has 0 aliphatic rings. The predicted molar refractivity (Wildman–Crippen MR) is 65.7 cm³/mol. The number of ether oxygens (including phenoxy) is 1. The number of hydrogen-bond donors (Lipinski definition) is 2. The van der Waals surface area contributed by atoms with Crippen LogP contribution in [-0.4, -0.2) is 24.8 Å². The first-order valence-corrected chi connectivity index (χ1v) is 5.72. The molecule has 0 saturated heterocycles. The van der Waals surface area contributed by atoms with Crippen LogP contribution in [0.2, 0.25) is 0 Å². The van der Waals surface area contributed by atoms with Gasteiger partial charge in [-0.05, 0) is 31.0 Å². The molecular weight excluding hydrogens is 202 g/mol. The first-order chi connectivity index (χ1) is 7.67. The van der Waals surface area contributed by atoms with Gasteiger partial charge in [-0.2, -0.15) is 0 Å². The maximum Gasteiger partial charge on any atom is 0.118 e. The van der Waals surface area contributed by atoms with Crippen LogP contribution in [-0.2, 0) is 0 Å². The molecule has 1 aromatic carbocycles. The number of rotatable bonds is 6. The van der Waals surface area contributed by atoms with E-state index in [2.05, 4.69) is 19.2 Å². The van der Waals surface area contributed by atoms with Crippen LogP contribution in [0.25, 0.3) is 0 Å². The van der Waals surface area contributed by atoms with Crippen LogP contribution in [0.1, 0.15) is 31.9 Å². The van der Waals surface area contributed by atoms with Gasteiger partial charge in [-0.25, -0.2) is 0 Å². The van der Waals surface area contributed by atoms with E-state index in [0.29, 0.717) is 12.6 Å². The van der Waals surface area contributed by atoms with E-state index in [1.165, 1.54) is 0 Å². The highest BCUT2D eigenvalue weighted by Gasteiger charge is 2.08. The summed E-state index contributed by atoms with van der Waals surface area (Å²) in [6, 6.07) is 7.95. The Hall–Kier alpha value is -1.06. The average Bonchev–Trinajstić information content (AvgIpc) is 2.35. The zero-order valence-electron chi connectivity index (χ0n) is 10.2. The average molecular weight is 223 g/mol. The van der Waals surface area contributed by atoms with Gasteiger partial charge < -0.3 is 15.2 Å². The molecule has 2 N–H and O–H groups in total. The zero-order valence-corrected chi connectivity index (χ0v) is 10.2. The van der Waals surface area contributed by atoms with Gasteiger partial charge in [0.15, 0.2) is 0 Å². The summed E-state index contributed by atoms with van der Waals surface area (Å²) in [5, 5.41) is 13.2. The van der Waals surface area contributed by atoms with Crippen molar-refractivity contribution in [3.05, 3.63) is 29.8 Å². The second kappa shape index (κ2) is 6.51. The van der Waals surface area contributed by atoms with Crippen molar-refractivity contribution < 1.29 is 9.84 Å². The van der Waals surface area contributed by atoms with Crippen LogP contribution in [0, 0.1) is 0 Å². The third-order valence-corrected chi connectivity index (χ3v) is 2.77. The fraction of sp³-hybridized carbons (Fsp3) is 0.538. The number of nitrogens with one attached hydrogen (secondary N) is 1. The second-order valence-corrected chi connectivity index (χ2v) is 4.01. The van der Waals surface area contributed by atoms with E-state index >= 15 is 0 Å². The standard InChI is InChI=1S/C13H21NO2/c1-4-10(2)14-9-13(15)11-5-7-12(16-3)8-6-11/h5-8,10,13-15H,4,9H2,1-3H3. The molecule has 0 spiro atoms. The Morgan fingerprint density at radius 1 is 1.31 bits per heavy atom. The molecule has 1 rings (SSSR count). The van der Waals surface area contributed by atoms with Crippen molar-refractivity contribution >= 4 is 0 Å². The maximum atomic E-state index is 9.93. The largest absolute Gasteiger partial charge is 0.497 e. The van der Waals surface area contributed by atoms with Gasteiger partial charge in [0.25, 0.3) is 0 Å². The topological polar surface area (TPSA) is 41.5 Å². The Labute approximate surface area is 97.4 Å². The van der Waals surface area contributed by atoms with Crippen LogP contribution in [0.5, 0.6) is 5.75 Å². The third kappa shape index (κ3) is 3.83. The van der Waals surface area contributed by atoms with Crippen LogP contribution in [0.3, 0.4) is 0 Å². The molecule has 1 aromatic rings. The van der Waals surface area contributed by atoms with Crippen molar-refractivity contribution in [1.29, 1.82) is 0 Å². The zero-order chi connectivity index (χ0) is 12.0. The first kappa shape index (κ1) is 13.0. The molecule has 90 valence electrons. The number of benzene rings is 1. The minimum Gasteiger partial charge on any atom is -0.497 e. The van der Waals surface area contributed by atoms with Gasteiger partial charge in [0, 0.05) is 12.6 Å². The SMILES string of the molecule is CCC(C)NCC(O)c1ccc(OC)cc1. The minimum atomic E-state index is -0.458. The second-order valence-electron chi connectivity index (χ2n) is 4.01. The Kier molecular flexibility index (Phi) is 5.29. The molecule has 2 atom stereocenters. The van der Waals surface area contributed by atoms with Crippen LogP contribution in [0.15, 0.2) is 24.3 Å². The van der Waals surface area contributed by atoms with Gasteiger partial charge in [-0.15, -0.1) is 0 Å². The highest BCUT2D eigenvalue weighted by atomic mass is 16.5. The highest BCUT2D eigenvalue weighted by molar-refractivity contribution is 5.28. The van der Waals surface area contributed by atoms with E-state index in [9.17, 15) is 5.11 Å². The summed E-state index contributed by atoms with van der Waals surface area (Å²) in [6.07, 6.45) is 0.606. The summed E-state index contributed by atoms with van der Waals surface area (Å²) in [7, 11) is 1.63. The summed E-state index contributed by atoms with van der Waals surface area (Å²) in [4.78, 5) is 0. The summed E-state index contributed by atoms with van der Waals surface area (Å²) in [5.41, 5.74) is 0.914. The first-order valence-electron chi connectivity index (χ1n) is 5.72. The molecule has 3 heteroatoms. The van der Waals surface area contributed by atoms with Gasteiger partial charge in [-0.3, -0.25) is 0 Å². The third-order valence-electron chi connectivity index (χ3n) is 2.77. The smallest absolute Gasteiger partial charge is 0.118 e. The molecule has 0 aromatic heterocycles. The number of aliphatic hydroxyl groups excluding tert-OH is 1. The molecule has 0 fully saturated rings. The van der Waals surface area contributed by atoms with Crippen LogP contribution < -0.4 is 10.1 Å². The highest BCUT2D eigenvalue weighted by Crippen LogP contribution is 2.17. The number of aliphatic hydroxyl groups is 1. The monoisotopic (exact) mass is 223 g/mol. The fourth-order valence-corrected chi connectivity index (χ4v) is 1.40. The van der Waals surface area contributed by atoms with E-state index in [0.717, 1.165) is 17.7 Å². The van der Waals surface area contributed by atoms with Crippen molar-refractivity contribution in [3.63, 3.8) is 0 Å². The Balaban J connectivity index is 2.49. The predicted octanol–water partition coefficient (Wildman–Crippen LogP) is 2.12. The lowest BCUT2D eigenvalue weighted by molar-refractivity contribution is 0.170. The molecule has 0 aliphatic carbocycles. The molecule has 0 radical (unpaired) electrons. The van der Waals surface area contributed by atoms with Gasteiger partial charge in [0.2, 0.25) is 0 Å². The summed E-state index contributed by atoms with van der Waals surface area (Å²) in [6.45, 7) is 4.82. The lowest BCUT2D eigenvalue weighted by Gasteiger charge is -2.16. The Bertz CT molecular complexity index is 297. The van der Waals surface area contributed by atoms with Crippen LogP contribution >= 0.6 is 0 Å². The molecule has 3 nitrogen and oxygen atoms in total. The van der Waals surface area contributed by atoms with Crippen molar-refractivity contribution in [3.8, 4) is 5.75 Å². The van der Waals surface area contributed by atoms with E-state index in [4.69, 9.17) is 4.74 Å². The quantitative estimate of drug-likeness (QED) is 0.776. The molecule has 0 saturated carbocycles. The summed E-state index contributed by atoms with van der Waals surface area (Å²) >= 11 is 0. The molecule has 16 heavy (non-hydrogen) atoms. The van der Waals surface area contributed by atoms with Crippen molar-refractivity contribution in [2.75, 3.05) is 13.7 Å². The lowest BCUT2D eigenvalue weighted by Crippen LogP contribution is -2.29. The lowest BCUT2D eigenvalue weighted by atomic mass is 10.1. The summed E-state index contributed by atoms with van der Waals surface area (Å²) < 4.78 is 5.07. The maximum absolute atomic E-state index is 9.93. The van der Waals surface area contributed by atoms with Gasteiger partial charge in [0.05, 0.1) is 13.2 Å². The summed E-state index contributed by atoms with van der Waals surface area (Å²) in [5.74, 6) is 0.811. The van der Waals surface area contributed by atoms with E-state index in [-0.39, 0.29) is 0 Å². The fourth-order valence-electron chi connectivity index (χ4n) is 1.40. The van der Waals surface area contributed by atoms with Gasteiger partial charge in [-0.1, -0.05) is 19.1 Å². The van der Waals surface area contributed by atoms with Gasteiger partial charge in [0.1, 0.15) is 5.75 Å².